The Hall–Kier alpha value is -3.12. The fraction of sp³-hybridized carbons (Fsp3) is 0.333. The van der Waals surface area contributed by atoms with Crippen molar-refractivity contribution in [3.63, 3.8) is 0 Å². The zero-order valence-corrected chi connectivity index (χ0v) is 17.4. The van der Waals surface area contributed by atoms with Crippen LogP contribution >= 0.6 is 0 Å². The van der Waals surface area contributed by atoms with Gasteiger partial charge in [-0.1, -0.05) is 35.5 Å². The van der Waals surface area contributed by atoms with Crippen molar-refractivity contribution in [2.45, 2.75) is 39.5 Å². The lowest BCUT2D eigenvalue weighted by Crippen LogP contribution is -2.36. The molecular weight excluding hydrogens is 378 g/mol. The molecule has 6 heteroatoms. The molecular formula is C24H27N3O3. The van der Waals surface area contributed by atoms with Crippen LogP contribution < -0.4 is 10.1 Å². The number of hydrogen-bond acceptors (Lipinski definition) is 5. The van der Waals surface area contributed by atoms with Crippen molar-refractivity contribution < 1.29 is 14.1 Å². The first kappa shape index (κ1) is 20.2. The van der Waals surface area contributed by atoms with E-state index in [1.54, 1.807) is 12.1 Å². The minimum absolute atomic E-state index is 0.0427. The summed E-state index contributed by atoms with van der Waals surface area (Å²) in [5.74, 6) is 1.43. The summed E-state index contributed by atoms with van der Waals surface area (Å²) in [6, 6.07) is 17.9. The maximum absolute atomic E-state index is 12.6. The zero-order chi connectivity index (χ0) is 20.9. The second-order valence-corrected chi connectivity index (χ2v) is 7.80. The van der Waals surface area contributed by atoms with E-state index in [4.69, 9.17) is 9.26 Å². The minimum Gasteiger partial charge on any atom is -0.489 e. The highest BCUT2D eigenvalue weighted by Crippen LogP contribution is 2.19. The van der Waals surface area contributed by atoms with Crippen LogP contribution in [0.1, 0.15) is 39.4 Å². The van der Waals surface area contributed by atoms with Gasteiger partial charge >= 0.3 is 0 Å². The van der Waals surface area contributed by atoms with E-state index in [1.165, 1.54) is 5.56 Å². The first-order valence-corrected chi connectivity index (χ1v) is 10.3. The molecule has 1 amide bonds. The number of ether oxygens (including phenoxy) is 1. The van der Waals surface area contributed by atoms with E-state index >= 15 is 0 Å². The van der Waals surface area contributed by atoms with Gasteiger partial charge < -0.3 is 14.6 Å². The minimum atomic E-state index is -0.0427. The summed E-state index contributed by atoms with van der Waals surface area (Å²) < 4.78 is 11.0. The third-order valence-electron chi connectivity index (χ3n) is 5.54. The van der Waals surface area contributed by atoms with Crippen LogP contribution in [0.5, 0.6) is 5.75 Å². The molecule has 0 unspecified atom stereocenters. The fourth-order valence-corrected chi connectivity index (χ4v) is 3.77. The van der Waals surface area contributed by atoms with Crippen LogP contribution in [0.25, 0.3) is 0 Å². The number of carbonyl (C=O) groups is 1. The first-order chi connectivity index (χ1) is 14.6. The van der Waals surface area contributed by atoms with Crippen LogP contribution in [0.4, 0.5) is 0 Å². The molecule has 6 nitrogen and oxygen atoms in total. The molecule has 1 aliphatic heterocycles. The van der Waals surface area contributed by atoms with Gasteiger partial charge in [0.05, 0.1) is 11.3 Å². The Morgan fingerprint density at radius 3 is 2.63 bits per heavy atom. The Kier molecular flexibility index (Phi) is 6.14. The third kappa shape index (κ3) is 4.89. The van der Waals surface area contributed by atoms with Crippen LogP contribution in [-0.2, 0) is 13.2 Å². The molecule has 3 aromatic rings. The number of benzene rings is 2. The van der Waals surface area contributed by atoms with Crippen molar-refractivity contribution in [2.75, 3.05) is 13.1 Å². The molecule has 0 spiro atoms. The molecule has 1 aromatic heterocycles. The van der Waals surface area contributed by atoms with Gasteiger partial charge in [-0.15, -0.1) is 0 Å². The number of nitrogens with one attached hydrogen (secondary N) is 1. The molecule has 1 N–H and O–H groups in total. The molecule has 0 radical (unpaired) electrons. The van der Waals surface area contributed by atoms with Gasteiger partial charge in [-0.05, 0) is 50.1 Å². The summed E-state index contributed by atoms with van der Waals surface area (Å²) >= 11 is 0. The van der Waals surface area contributed by atoms with E-state index in [2.05, 4.69) is 39.6 Å². The van der Waals surface area contributed by atoms with E-state index in [-0.39, 0.29) is 11.9 Å². The van der Waals surface area contributed by atoms with E-state index in [1.807, 2.05) is 32.0 Å². The lowest BCUT2D eigenvalue weighted by atomic mass is 10.1. The van der Waals surface area contributed by atoms with Gasteiger partial charge in [0, 0.05) is 31.2 Å². The van der Waals surface area contributed by atoms with Gasteiger partial charge in [0.25, 0.3) is 5.91 Å². The van der Waals surface area contributed by atoms with E-state index in [0.29, 0.717) is 17.9 Å². The van der Waals surface area contributed by atoms with Gasteiger partial charge in [0.2, 0.25) is 0 Å². The largest absolute Gasteiger partial charge is 0.489 e. The summed E-state index contributed by atoms with van der Waals surface area (Å²) in [4.78, 5) is 15.0. The highest BCUT2D eigenvalue weighted by molar-refractivity contribution is 5.94. The van der Waals surface area contributed by atoms with Crippen LogP contribution in [-0.4, -0.2) is 35.1 Å². The molecule has 0 aliphatic carbocycles. The Balaban J connectivity index is 1.27. The van der Waals surface area contributed by atoms with Crippen LogP contribution in [0.15, 0.2) is 59.1 Å². The van der Waals surface area contributed by atoms with Crippen molar-refractivity contribution >= 4 is 5.91 Å². The quantitative estimate of drug-likeness (QED) is 0.646. The number of hydrogen-bond donors (Lipinski definition) is 1. The molecule has 0 bridgehead atoms. The summed E-state index contributed by atoms with van der Waals surface area (Å²) in [6.07, 6.45) is 0.969. The van der Waals surface area contributed by atoms with Crippen LogP contribution in [0.2, 0.25) is 0 Å². The molecule has 1 aliphatic rings. The molecule has 0 saturated carbocycles. The smallest absolute Gasteiger partial charge is 0.251 e. The Bertz CT molecular complexity index is 963. The molecule has 2 heterocycles. The van der Waals surface area contributed by atoms with Crippen molar-refractivity contribution in [1.29, 1.82) is 0 Å². The summed E-state index contributed by atoms with van der Waals surface area (Å²) in [5, 5.41) is 7.09. The van der Waals surface area contributed by atoms with Crippen molar-refractivity contribution in [3.8, 4) is 5.75 Å². The maximum Gasteiger partial charge on any atom is 0.251 e. The average Bonchev–Trinajstić information content (AvgIpc) is 3.33. The number of carbonyl (C=O) groups excluding carboxylic acids is 1. The van der Waals surface area contributed by atoms with Crippen molar-refractivity contribution in [1.82, 2.24) is 15.4 Å². The van der Waals surface area contributed by atoms with Crippen LogP contribution in [0, 0.1) is 13.8 Å². The Morgan fingerprint density at radius 2 is 1.93 bits per heavy atom. The number of amides is 1. The first-order valence-electron chi connectivity index (χ1n) is 10.3. The lowest BCUT2D eigenvalue weighted by Gasteiger charge is -2.17. The van der Waals surface area contributed by atoms with Crippen molar-refractivity contribution in [2.24, 2.45) is 0 Å². The SMILES string of the molecule is Cc1noc(C)c1COc1ccc(C(=O)N[C@@H]2CCN(Cc3ccccc3)C2)cc1. The monoisotopic (exact) mass is 405 g/mol. The number of rotatable bonds is 7. The lowest BCUT2D eigenvalue weighted by molar-refractivity contribution is 0.0937. The topological polar surface area (TPSA) is 67.6 Å². The predicted molar refractivity (Wildman–Crippen MR) is 114 cm³/mol. The van der Waals surface area contributed by atoms with Gasteiger partial charge in [-0.2, -0.15) is 0 Å². The molecule has 156 valence electrons. The second-order valence-electron chi connectivity index (χ2n) is 7.80. The Labute approximate surface area is 176 Å². The highest BCUT2D eigenvalue weighted by atomic mass is 16.5. The number of aryl methyl sites for hydroxylation is 2. The molecule has 1 fully saturated rings. The highest BCUT2D eigenvalue weighted by Gasteiger charge is 2.24. The normalized spacial score (nSPS) is 16.5. The van der Waals surface area contributed by atoms with E-state index in [0.717, 1.165) is 43.1 Å². The van der Waals surface area contributed by atoms with Crippen molar-refractivity contribution in [3.05, 3.63) is 82.7 Å². The maximum atomic E-state index is 12.6. The molecule has 1 atom stereocenters. The number of aromatic nitrogens is 1. The van der Waals surface area contributed by atoms with Gasteiger partial charge in [0.1, 0.15) is 18.1 Å². The third-order valence-corrected chi connectivity index (χ3v) is 5.54. The summed E-state index contributed by atoms with van der Waals surface area (Å²) in [5.41, 5.74) is 3.73. The number of likely N-dealkylation sites (tertiary alicyclic amines) is 1. The standard InChI is InChI=1S/C24H27N3O3/c1-17-23(18(2)30-26-17)16-29-22-10-8-20(9-11-22)24(28)25-21-12-13-27(15-21)14-19-6-4-3-5-7-19/h3-11,21H,12-16H2,1-2H3,(H,25,28)/t21-/m1/s1. The van der Waals surface area contributed by atoms with Gasteiger partial charge in [0.15, 0.2) is 0 Å². The molecule has 4 rings (SSSR count). The Morgan fingerprint density at radius 1 is 1.17 bits per heavy atom. The molecule has 1 saturated heterocycles. The average molecular weight is 405 g/mol. The second kappa shape index (κ2) is 9.13. The van der Waals surface area contributed by atoms with E-state index < -0.39 is 0 Å². The summed E-state index contributed by atoms with van der Waals surface area (Å²) in [6.45, 7) is 6.95. The van der Waals surface area contributed by atoms with Crippen LogP contribution in [0.3, 0.4) is 0 Å². The molecule has 30 heavy (non-hydrogen) atoms. The zero-order valence-electron chi connectivity index (χ0n) is 17.4. The number of nitrogens with zero attached hydrogens (tertiary/aromatic N) is 2. The summed E-state index contributed by atoms with van der Waals surface area (Å²) in [7, 11) is 0. The van der Waals surface area contributed by atoms with Gasteiger partial charge in [-0.25, -0.2) is 0 Å². The fourth-order valence-electron chi connectivity index (χ4n) is 3.77. The molecule has 2 aromatic carbocycles. The van der Waals surface area contributed by atoms with E-state index in [9.17, 15) is 4.79 Å². The van der Waals surface area contributed by atoms with Gasteiger partial charge in [-0.3, -0.25) is 9.69 Å². The predicted octanol–water partition coefficient (Wildman–Crippen LogP) is 3.87.